The lowest BCUT2D eigenvalue weighted by Gasteiger charge is -2.22. The molecule has 1 saturated heterocycles. The van der Waals surface area contributed by atoms with Crippen molar-refractivity contribution in [1.29, 1.82) is 0 Å². The van der Waals surface area contributed by atoms with Gasteiger partial charge in [-0.15, -0.1) is 0 Å². The summed E-state index contributed by atoms with van der Waals surface area (Å²) in [6.07, 6.45) is 0.268. The maximum Gasteiger partial charge on any atom is 0.246 e. The van der Waals surface area contributed by atoms with Crippen LogP contribution < -0.4 is 10.8 Å². The summed E-state index contributed by atoms with van der Waals surface area (Å²) in [5.74, 6) is -0.167. The lowest BCUT2D eigenvalue weighted by Crippen LogP contribution is -2.41. The Morgan fingerprint density at radius 3 is 3.13 bits per heavy atom. The van der Waals surface area contributed by atoms with Crippen LogP contribution in [-0.2, 0) is 19.1 Å². The number of nitrogens with one attached hydrogen (secondary N) is 2. The van der Waals surface area contributed by atoms with Crippen LogP contribution in [0, 0.1) is 0 Å². The molecular formula is C9H18N2O4. The Morgan fingerprint density at radius 2 is 2.47 bits per heavy atom. The lowest BCUT2D eigenvalue weighted by atomic mass is 10.2. The second-order valence-corrected chi connectivity index (χ2v) is 3.27. The van der Waals surface area contributed by atoms with Gasteiger partial charge in [0.05, 0.1) is 32.3 Å². The highest BCUT2D eigenvalue weighted by Crippen LogP contribution is 2.00. The van der Waals surface area contributed by atoms with Gasteiger partial charge in [-0.1, -0.05) is 0 Å². The molecule has 1 heterocycles. The standard InChI is InChI=1S/C9H18N2O4/c1-13-4-5-15-11-9(12)6-8-7-10-2-3-14-8/h8,10H,2-7H2,1H3,(H,11,12). The first-order chi connectivity index (χ1) is 7.33. The van der Waals surface area contributed by atoms with Gasteiger partial charge in [-0.2, -0.15) is 0 Å². The number of carbonyl (C=O) groups excluding carboxylic acids is 1. The van der Waals surface area contributed by atoms with E-state index in [0.717, 1.165) is 6.54 Å². The van der Waals surface area contributed by atoms with Gasteiger partial charge in [-0.05, 0) is 0 Å². The predicted molar refractivity (Wildman–Crippen MR) is 53.2 cm³/mol. The van der Waals surface area contributed by atoms with E-state index in [-0.39, 0.29) is 12.0 Å². The van der Waals surface area contributed by atoms with Crippen molar-refractivity contribution >= 4 is 5.91 Å². The first-order valence-electron chi connectivity index (χ1n) is 5.05. The monoisotopic (exact) mass is 218 g/mol. The molecule has 1 aliphatic rings. The van der Waals surface area contributed by atoms with Gasteiger partial charge >= 0.3 is 0 Å². The van der Waals surface area contributed by atoms with Gasteiger partial charge in [0.25, 0.3) is 0 Å². The van der Waals surface area contributed by atoms with E-state index >= 15 is 0 Å². The van der Waals surface area contributed by atoms with Crippen molar-refractivity contribution in [3.05, 3.63) is 0 Å². The lowest BCUT2D eigenvalue weighted by molar-refractivity contribution is -0.137. The molecule has 0 bridgehead atoms. The van der Waals surface area contributed by atoms with Gasteiger partial charge in [0, 0.05) is 20.2 Å². The van der Waals surface area contributed by atoms with Crippen molar-refractivity contribution in [3.63, 3.8) is 0 Å². The van der Waals surface area contributed by atoms with Gasteiger partial charge in [-0.3, -0.25) is 9.63 Å². The molecule has 6 nitrogen and oxygen atoms in total. The summed E-state index contributed by atoms with van der Waals surface area (Å²) < 4.78 is 10.1. The SMILES string of the molecule is COCCONC(=O)CC1CNCCO1. The zero-order valence-corrected chi connectivity index (χ0v) is 8.95. The van der Waals surface area contributed by atoms with Gasteiger partial charge in [0.1, 0.15) is 0 Å². The molecule has 0 radical (unpaired) electrons. The summed E-state index contributed by atoms with van der Waals surface area (Å²) in [6, 6.07) is 0. The fraction of sp³-hybridized carbons (Fsp3) is 0.889. The fourth-order valence-electron chi connectivity index (χ4n) is 1.26. The minimum Gasteiger partial charge on any atom is -0.382 e. The fourth-order valence-corrected chi connectivity index (χ4v) is 1.26. The van der Waals surface area contributed by atoms with Crippen molar-refractivity contribution in [2.24, 2.45) is 0 Å². The van der Waals surface area contributed by atoms with E-state index in [1.165, 1.54) is 0 Å². The van der Waals surface area contributed by atoms with Crippen molar-refractivity contribution < 1.29 is 19.1 Å². The number of amides is 1. The van der Waals surface area contributed by atoms with E-state index in [4.69, 9.17) is 14.3 Å². The molecule has 0 aromatic heterocycles. The van der Waals surface area contributed by atoms with Crippen LogP contribution in [0.3, 0.4) is 0 Å². The molecule has 1 rings (SSSR count). The van der Waals surface area contributed by atoms with Crippen molar-refractivity contribution in [2.45, 2.75) is 12.5 Å². The third-order valence-electron chi connectivity index (χ3n) is 1.99. The number of morpholine rings is 1. The van der Waals surface area contributed by atoms with Crippen LogP contribution in [0.1, 0.15) is 6.42 Å². The van der Waals surface area contributed by atoms with Crippen LogP contribution in [-0.4, -0.2) is 52.0 Å². The highest BCUT2D eigenvalue weighted by molar-refractivity contribution is 5.75. The summed E-state index contributed by atoms with van der Waals surface area (Å²) in [7, 11) is 1.58. The summed E-state index contributed by atoms with van der Waals surface area (Å²) >= 11 is 0. The highest BCUT2D eigenvalue weighted by Gasteiger charge is 2.17. The van der Waals surface area contributed by atoms with E-state index in [0.29, 0.717) is 32.8 Å². The van der Waals surface area contributed by atoms with E-state index in [9.17, 15) is 4.79 Å². The molecule has 1 fully saturated rings. The molecule has 1 aliphatic heterocycles. The molecule has 0 aromatic carbocycles. The predicted octanol–water partition coefficient (Wildman–Crippen LogP) is -0.941. The Balaban J connectivity index is 2.01. The van der Waals surface area contributed by atoms with E-state index < -0.39 is 0 Å². The summed E-state index contributed by atoms with van der Waals surface area (Å²) in [6.45, 7) is 3.03. The third kappa shape index (κ3) is 5.68. The first-order valence-corrected chi connectivity index (χ1v) is 5.05. The zero-order valence-electron chi connectivity index (χ0n) is 8.95. The summed E-state index contributed by atoms with van der Waals surface area (Å²) in [4.78, 5) is 16.2. The average Bonchev–Trinajstić information content (AvgIpc) is 2.26. The Kier molecular flexibility index (Phi) is 6.26. The number of carbonyl (C=O) groups is 1. The Morgan fingerprint density at radius 1 is 1.60 bits per heavy atom. The maximum atomic E-state index is 11.3. The Bertz CT molecular complexity index is 183. The molecule has 1 unspecified atom stereocenters. The Labute approximate surface area is 89.2 Å². The molecule has 15 heavy (non-hydrogen) atoms. The third-order valence-corrected chi connectivity index (χ3v) is 1.99. The van der Waals surface area contributed by atoms with Crippen molar-refractivity contribution in [2.75, 3.05) is 40.0 Å². The quantitative estimate of drug-likeness (QED) is 0.445. The van der Waals surface area contributed by atoms with E-state index in [1.54, 1.807) is 7.11 Å². The summed E-state index contributed by atoms with van der Waals surface area (Å²) in [5.41, 5.74) is 2.34. The number of hydrogen-bond acceptors (Lipinski definition) is 5. The molecule has 88 valence electrons. The zero-order chi connectivity index (χ0) is 10.9. The van der Waals surface area contributed by atoms with Gasteiger partial charge in [0.2, 0.25) is 5.91 Å². The topological polar surface area (TPSA) is 68.8 Å². The molecule has 1 amide bonds. The number of ether oxygens (including phenoxy) is 2. The van der Waals surface area contributed by atoms with E-state index in [1.807, 2.05) is 0 Å². The largest absolute Gasteiger partial charge is 0.382 e. The van der Waals surface area contributed by atoms with Gasteiger partial charge < -0.3 is 14.8 Å². The summed E-state index contributed by atoms with van der Waals surface area (Å²) in [5, 5.41) is 3.15. The van der Waals surface area contributed by atoms with Crippen molar-refractivity contribution in [1.82, 2.24) is 10.8 Å². The molecule has 0 spiro atoms. The minimum atomic E-state index is -0.167. The molecule has 0 aliphatic carbocycles. The minimum absolute atomic E-state index is 0.0511. The molecular weight excluding hydrogens is 200 g/mol. The Hall–Kier alpha value is -0.690. The van der Waals surface area contributed by atoms with Crippen LogP contribution >= 0.6 is 0 Å². The average molecular weight is 218 g/mol. The molecule has 0 saturated carbocycles. The van der Waals surface area contributed by atoms with Crippen LogP contribution in [0.5, 0.6) is 0 Å². The first kappa shape index (κ1) is 12.4. The maximum absolute atomic E-state index is 11.3. The highest BCUT2D eigenvalue weighted by atomic mass is 16.7. The van der Waals surface area contributed by atoms with Crippen LogP contribution in [0.4, 0.5) is 0 Å². The molecule has 1 atom stereocenters. The van der Waals surface area contributed by atoms with Crippen LogP contribution in [0.25, 0.3) is 0 Å². The second kappa shape index (κ2) is 7.58. The second-order valence-electron chi connectivity index (χ2n) is 3.27. The normalized spacial score (nSPS) is 21.3. The van der Waals surface area contributed by atoms with Crippen LogP contribution in [0.2, 0.25) is 0 Å². The smallest absolute Gasteiger partial charge is 0.246 e. The van der Waals surface area contributed by atoms with Crippen LogP contribution in [0.15, 0.2) is 0 Å². The number of hydrogen-bond donors (Lipinski definition) is 2. The van der Waals surface area contributed by atoms with Crippen molar-refractivity contribution in [3.8, 4) is 0 Å². The molecule has 0 aromatic rings. The van der Waals surface area contributed by atoms with Gasteiger partial charge in [-0.25, -0.2) is 5.48 Å². The molecule has 2 N–H and O–H groups in total. The number of rotatable bonds is 6. The number of methoxy groups -OCH3 is 1. The van der Waals surface area contributed by atoms with E-state index in [2.05, 4.69) is 10.8 Å². The number of hydroxylamine groups is 1. The van der Waals surface area contributed by atoms with Gasteiger partial charge in [0.15, 0.2) is 0 Å². The molecule has 6 heteroatoms.